The molecule has 1 amide bonds. The molecule has 9 heteroatoms. The van der Waals surface area contributed by atoms with E-state index >= 15 is 0 Å². The van der Waals surface area contributed by atoms with Gasteiger partial charge >= 0.3 is 5.97 Å². The molecule has 0 atom stereocenters. The second-order valence-corrected chi connectivity index (χ2v) is 8.66. The number of nitro groups is 1. The number of carbonyl (C=O) groups is 2. The van der Waals surface area contributed by atoms with Gasteiger partial charge in [0.25, 0.3) is 5.69 Å². The Balaban J connectivity index is 1.64. The summed E-state index contributed by atoms with van der Waals surface area (Å²) in [4.78, 5) is 35.9. The molecular formula is C26H28N2O6S. The number of hydrogen-bond donors (Lipinski definition) is 1. The maximum absolute atomic E-state index is 12.7. The minimum absolute atomic E-state index is 0.0888. The van der Waals surface area contributed by atoms with Crippen molar-refractivity contribution < 1.29 is 24.0 Å². The third-order valence-electron chi connectivity index (χ3n) is 5.17. The molecule has 184 valence electrons. The van der Waals surface area contributed by atoms with Crippen LogP contribution in [0.4, 0.5) is 10.7 Å². The van der Waals surface area contributed by atoms with E-state index in [2.05, 4.69) is 12.2 Å². The molecule has 0 aliphatic rings. The molecule has 1 aromatic heterocycles. The Hall–Kier alpha value is -3.72. The Morgan fingerprint density at radius 1 is 1.11 bits per heavy atom. The molecule has 2 aromatic carbocycles. The Morgan fingerprint density at radius 3 is 2.57 bits per heavy atom. The van der Waals surface area contributed by atoms with Gasteiger partial charge in [-0.05, 0) is 43.0 Å². The van der Waals surface area contributed by atoms with Crippen molar-refractivity contribution in [2.75, 3.05) is 18.5 Å². The first-order valence-corrected chi connectivity index (χ1v) is 12.4. The zero-order chi connectivity index (χ0) is 25.2. The van der Waals surface area contributed by atoms with E-state index in [1.165, 1.54) is 29.0 Å². The zero-order valence-corrected chi connectivity index (χ0v) is 20.6. The van der Waals surface area contributed by atoms with Crippen molar-refractivity contribution in [1.82, 2.24) is 0 Å². The number of nitrogens with one attached hydrogen (secondary N) is 1. The van der Waals surface area contributed by atoms with Crippen molar-refractivity contribution in [3.8, 4) is 16.9 Å². The summed E-state index contributed by atoms with van der Waals surface area (Å²) in [5.41, 5.74) is 2.33. The van der Waals surface area contributed by atoms with Crippen LogP contribution in [0.5, 0.6) is 5.75 Å². The monoisotopic (exact) mass is 496 g/mol. The number of ether oxygens (including phenoxy) is 2. The van der Waals surface area contributed by atoms with Crippen LogP contribution in [0.25, 0.3) is 11.1 Å². The molecule has 8 nitrogen and oxygen atoms in total. The highest BCUT2D eigenvalue weighted by Crippen LogP contribution is 2.37. The summed E-state index contributed by atoms with van der Waals surface area (Å²) in [7, 11) is 0. The molecular weight excluding hydrogens is 468 g/mol. The number of aryl methyl sites for hydroxylation is 1. The lowest BCUT2D eigenvalue weighted by Crippen LogP contribution is -2.15. The van der Waals surface area contributed by atoms with Crippen LogP contribution in [0.1, 0.15) is 49.0 Å². The van der Waals surface area contributed by atoms with Gasteiger partial charge in [-0.2, -0.15) is 0 Å². The largest absolute Gasteiger partial charge is 0.494 e. The van der Waals surface area contributed by atoms with Gasteiger partial charge in [-0.15, -0.1) is 11.3 Å². The number of nitrogens with zero attached hydrogens (tertiary/aromatic N) is 1. The van der Waals surface area contributed by atoms with Gasteiger partial charge in [0.2, 0.25) is 5.91 Å². The van der Waals surface area contributed by atoms with Gasteiger partial charge in [-0.25, -0.2) is 4.79 Å². The minimum Gasteiger partial charge on any atom is -0.494 e. The third kappa shape index (κ3) is 7.13. The summed E-state index contributed by atoms with van der Waals surface area (Å²) in [6, 6.07) is 13.9. The molecule has 0 saturated heterocycles. The first-order valence-electron chi connectivity index (χ1n) is 11.5. The van der Waals surface area contributed by atoms with Gasteiger partial charge in [-0.3, -0.25) is 14.9 Å². The number of anilines is 1. The van der Waals surface area contributed by atoms with E-state index in [9.17, 15) is 19.7 Å². The third-order valence-corrected chi connectivity index (χ3v) is 6.07. The minimum atomic E-state index is -0.597. The van der Waals surface area contributed by atoms with Crippen molar-refractivity contribution in [2.45, 2.75) is 39.5 Å². The number of esters is 1. The first kappa shape index (κ1) is 25.9. The van der Waals surface area contributed by atoms with Crippen LogP contribution in [0.3, 0.4) is 0 Å². The van der Waals surface area contributed by atoms with Crippen LogP contribution >= 0.6 is 11.3 Å². The van der Waals surface area contributed by atoms with E-state index in [0.29, 0.717) is 29.2 Å². The number of nitro benzene ring substituents is 1. The molecule has 0 fully saturated rings. The molecule has 3 aromatic rings. The van der Waals surface area contributed by atoms with Crippen LogP contribution in [0.2, 0.25) is 0 Å². The van der Waals surface area contributed by atoms with E-state index in [-0.39, 0.29) is 30.2 Å². The van der Waals surface area contributed by atoms with E-state index in [1.54, 1.807) is 24.4 Å². The van der Waals surface area contributed by atoms with Gasteiger partial charge in [0, 0.05) is 29.5 Å². The van der Waals surface area contributed by atoms with Crippen molar-refractivity contribution in [3.05, 3.63) is 75.2 Å². The lowest BCUT2D eigenvalue weighted by Gasteiger charge is -2.09. The van der Waals surface area contributed by atoms with Crippen molar-refractivity contribution >= 4 is 33.9 Å². The van der Waals surface area contributed by atoms with E-state index < -0.39 is 10.9 Å². The van der Waals surface area contributed by atoms with Crippen LogP contribution in [0.15, 0.2) is 53.9 Å². The molecule has 35 heavy (non-hydrogen) atoms. The maximum Gasteiger partial charge on any atom is 0.341 e. The Labute approximate surface area is 208 Å². The fraction of sp³-hybridized carbons (Fsp3) is 0.308. The zero-order valence-electron chi connectivity index (χ0n) is 19.7. The highest BCUT2D eigenvalue weighted by Gasteiger charge is 2.23. The molecule has 0 spiro atoms. The summed E-state index contributed by atoms with van der Waals surface area (Å²) in [5, 5.41) is 16.0. The Bertz CT molecular complexity index is 1170. The summed E-state index contributed by atoms with van der Waals surface area (Å²) < 4.78 is 10.9. The van der Waals surface area contributed by atoms with Crippen LogP contribution in [0, 0.1) is 10.1 Å². The van der Waals surface area contributed by atoms with E-state index in [1.807, 2.05) is 24.3 Å². The van der Waals surface area contributed by atoms with Gasteiger partial charge in [0.1, 0.15) is 16.3 Å². The number of non-ortho nitro benzene ring substituents is 1. The highest BCUT2D eigenvalue weighted by atomic mass is 32.1. The predicted octanol–water partition coefficient (Wildman–Crippen LogP) is 6.25. The van der Waals surface area contributed by atoms with E-state index in [4.69, 9.17) is 9.47 Å². The standard InChI is InChI=1S/C26H28N2O6S/c1-3-7-18-11-13-21(14-12-18)34-15-6-10-23(29)27-25-24(26(30)33-4-2)22(17-35-25)19-8-5-9-20(16-19)28(31)32/h5,8-9,11-14,16-17H,3-4,6-7,10,15H2,1-2H3,(H,27,29). The van der Waals surface area contributed by atoms with Crippen molar-refractivity contribution in [1.29, 1.82) is 0 Å². The molecule has 0 bridgehead atoms. The average Bonchev–Trinajstić information content (AvgIpc) is 3.27. The van der Waals surface area contributed by atoms with Crippen molar-refractivity contribution in [3.63, 3.8) is 0 Å². The molecule has 0 saturated carbocycles. The number of thiophene rings is 1. The molecule has 1 N–H and O–H groups in total. The van der Waals surface area contributed by atoms with Crippen LogP contribution < -0.4 is 10.1 Å². The summed E-state index contributed by atoms with van der Waals surface area (Å²) >= 11 is 1.18. The topological polar surface area (TPSA) is 108 Å². The Morgan fingerprint density at radius 2 is 1.89 bits per heavy atom. The smallest absolute Gasteiger partial charge is 0.341 e. The first-order chi connectivity index (χ1) is 16.9. The van der Waals surface area contributed by atoms with Gasteiger partial charge < -0.3 is 14.8 Å². The Kier molecular flexibility index (Phi) is 9.37. The number of hydrogen-bond acceptors (Lipinski definition) is 7. The van der Waals surface area contributed by atoms with Gasteiger partial charge in [0.05, 0.1) is 18.1 Å². The lowest BCUT2D eigenvalue weighted by molar-refractivity contribution is -0.384. The SMILES string of the molecule is CCCc1ccc(OCCCC(=O)Nc2scc(-c3cccc([N+](=O)[O-])c3)c2C(=O)OCC)cc1. The van der Waals surface area contributed by atoms with Gasteiger partial charge in [-0.1, -0.05) is 37.6 Å². The predicted molar refractivity (Wildman–Crippen MR) is 136 cm³/mol. The summed E-state index contributed by atoms with van der Waals surface area (Å²) in [6.45, 7) is 4.37. The fourth-order valence-corrected chi connectivity index (χ4v) is 4.48. The quantitative estimate of drug-likeness (QED) is 0.137. The number of carbonyl (C=O) groups excluding carboxylic acids is 2. The number of amides is 1. The van der Waals surface area contributed by atoms with E-state index in [0.717, 1.165) is 18.6 Å². The molecule has 1 heterocycles. The summed E-state index contributed by atoms with van der Waals surface area (Å²) in [6.07, 6.45) is 2.82. The average molecular weight is 497 g/mol. The molecule has 0 aliphatic heterocycles. The molecule has 0 radical (unpaired) electrons. The second kappa shape index (κ2) is 12.7. The lowest BCUT2D eigenvalue weighted by atomic mass is 10.0. The fourth-order valence-electron chi connectivity index (χ4n) is 3.51. The highest BCUT2D eigenvalue weighted by molar-refractivity contribution is 7.15. The second-order valence-electron chi connectivity index (χ2n) is 7.78. The van der Waals surface area contributed by atoms with Crippen LogP contribution in [-0.2, 0) is 16.0 Å². The van der Waals surface area contributed by atoms with Gasteiger partial charge in [0.15, 0.2) is 0 Å². The van der Waals surface area contributed by atoms with Crippen molar-refractivity contribution in [2.24, 2.45) is 0 Å². The molecule has 0 aliphatic carbocycles. The maximum atomic E-state index is 12.7. The van der Waals surface area contributed by atoms with Crippen LogP contribution in [-0.4, -0.2) is 30.0 Å². The number of rotatable bonds is 12. The number of benzene rings is 2. The summed E-state index contributed by atoms with van der Waals surface area (Å²) in [5.74, 6) is -0.0972. The normalized spacial score (nSPS) is 10.6. The molecule has 3 rings (SSSR count). The molecule has 0 unspecified atom stereocenters.